The first-order valence-corrected chi connectivity index (χ1v) is 4.76. The van der Waals surface area contributed by atoms with E-state index in [0.717, 1.165) is 19.6 Å². The second kappa shape index (κ2) is 5.02. The van der Waals surface area contributed by atoms with Crippen LogP contribution >= 0.6 is 0 Å². The van der Waals surface area contributed by atoms with Gasteiger partial charge in [-0.3, -0.25) is 4.84 Å². The predicted octanol–water partition coefficient (Wildman–Crippen LogP) is 1.90. The number of nitrogens with zero attached hydrogens (tertiary/aromatic N) is 1. The Morgan fingerprint density at radius 3 is 1.85 bits per heavy atom. The molecule has 0 aromatic carbocycles. The van der Waals surface area contributed by atoms with E-state index in [1.807, 2.05) is 20.8 Å². The second-order valence-corrected chi connectivity index (χ2v) is 3.17. The molecule has 0 heterocycles. The topological polar surface area (TPSA) is 26.3 Å². The predicted molar refractivity (Wildman–Crippen MR) is 52.8 cm³/mol. The molecule has 0 bridgehead atoms. The molecule has 0 rings (SSSR count). The largest absolute Gasteiger partial charge is 0.392 e. The fourth-order valence-electron chi connectivity index (χ4n) is 1.12. The summed E-state index contributed by atoms with van der Waals surface area (Å²) in [4.78, 5) is 16.6. The zero-order valence-corrected chi connectivity index (χ0v) is 9.09. The quantitative estimate of drug-likeness (QED) is 0.372. The Balaban J connectivity index is 4.42. The zero-order chi connectivity index (χ0) is 10.5. The highest BCUT2D eigenvalue weighted by Crippen LogP contribution is 2.09. The molecule has 0 aliphatic carbocycles. The van der Waals surface area contributed by atoms with Gasteiger partial charge in [0, 0.05) is 5.57 Å². The lowest BCUT2D eigenvalue weighted by Crippen LogP contribution is -2.48. The van der Waals surface area contributed by atoms with Gasteiger partial charge in [-0.2, -0.15) is 0 Å². The van der Waals surface area contributed by atoms with Crippen LogP contribution in [0.4, 0.5) is 0 Å². The summed E-state index contributed by atoms with van der Waals surface area (Å²) >= 11 is 0. The smallest absolute Gasteiger partial charge is 0.272 e. The average Bonchev–Trinajstić information content (AvgIpc) is 2.14. The van der Waals surface area contributed by atoms with Crippen molar-refractivity contribution in [2.24, 2.45) is 0 Å². The Morgan fingerprint density at radius 2 is 1.62 bits per heavy atom. The summed E-state index contributed by atoms with van der Waals surface area (Å²) in [7, 11) is 0. The summed E-state index contributed by atoms with van der Waals surface area (Å²) in [6.45, 7) is 13.7. The van der Waals surface area contributed by atoms with E-state index in [-0.39, 0.29) is 5.97 Å². The summed E-state index contributed by atoms with van der Waals surface area (Å²) < 4.78 is 0.381. The van der Waals surface area contributed by atoms with Crippen LogP contribution in [0.1, 0.15) is 27.7 Å². The first-order valence-electron chi connectivity index (χ1n) is 4.76. The van der Waals surface area contributed by atoms with Gasteiger partial charge in [-0.05, 0) is 27.7 Å². The average molecular weight is 186 g/mol. The van der Waals surface area contributed by atoms with Crippen LogP contribution in [0, 0.1) is 0 Å². The first-order chi connectivity index (χ1) is 6.01. The molecule has 0 spiro atoms. The minimum Gasteiger partial charge on any atom is -0.272 e. The molecule has 0 amide bonds. The summed E-state index contributed by atoms with van der Waals surface area (Å²) in [5, 5.41) is 0. The van der Waals surface area contributed by atoms with E-state index in [9.17, 15) is 4.79 Å². The third-order valence-electron chi connectivity index (χ3n) is 2.35. The molecule has 0 aromatic heterocycles. The molecular formula is C10H20NO2+. The van der Waals surface area contributed by atoms with E-state index in [0.29, 0.717) is 10.2 Å². The van der Waals surface area contributed by atoms with Gasteiger partial charge in [0.25, 0.3) is 0 Å². The number of carbonyl (C=O) groups is 1. The highest BCUT2D eigenvalue weighted by atomic mass is 16.7. The molecule has 3 heteroatoms. The van der Waals surface area contributed by atoms with Gasteiger partial charge in [-0.1, -0.05) is 6.58 Å². The highest BCUT2D eigenvalue weighted by molar-refractivity contribution is 5.86. The standard InChI is InChI=1S/C10H20NO2/c1-6-11(7-2,8-3)13-10(12)9(4)5/h4,6-8H2,1-3,5H3/q+1. The first kappa shape index (κ1) is 12.2. The number of hydroxylamine groups is 3. The maximum Gasteiger partial charge on any atom is 0.392 e. The van der Waals surface area contributed by atoms with Gasteiger partial charge in [-0.25, -0.2) is 4.79 Å². The van der Waals surface area contributed by atoms with Gasteiger partial charge in [0.15, 0.2) is 0 Å². The molecule has 0 saturated heterocycles. The van der Waals surface area contributed by atoms with Crippen LogP contribution in [0.2, 0.25) is 0 Å². The normalized spacial score (nSPS) is 11.1. The molecule has 76 valence electrons. The van der Waals surface area contributed by atoms with Gasteiger partial charge in [0.2, 0.25) is 0 Å². The third kappa shape index (κ3) is 3.19. The molecule has 3 nitrogen and oxygen atoms in total. The fraction of sp³-hybridized carbons (Fsp3) is 0.700. The summed E-state index contributed by atoms with van der Waals surface area (Å²) in [6.07, 6.45) is 0. The third-order valence-corrected chi connectivity index (χ3v) is 2.35. The lowest BCUT2D eigenvalue weighted by atomic mass is 10.4. The van der Waals surface area contributed by atoms with Crippen molar-refractivity contribution in [3.63, 3.8) is 0 Å². The van der Waals surface area contributed by atoms with Crippen molar-refractivity contribution in [2.45, 2.75) is 27.7 Å². The molecule has 0 aliphatic heterocycles. The van der Waals surface area contributed by atoms with E-state index in [1.54, 1.807) is 6.92 Å². The minimum absolute atomic E-state index is 0.300. The second-order valence-electron chi connectivity index (χ2n) is 3.17. The van der Waals surface area contributed by atoms with Crippen molar-refractivity contribution >= 4 is 5.97 Å². The van der Waals surface area contributed by atoms with Crippen molar-refractivity contribution < 1.29 is 14.3 Å². The van der Waals surface area contributed by atoms with Crippen molar-refractivity contribution in [3.05, 3.63) is 12.2 Å². The summed E-state index contributed by atoms with van der Waals surface area (Å²) in [5.41, 5.74) is 0.456. The van der Waals surface area contributed by atoms with Crippen molar-refractivity contribution in [1.82, 2.24) is 0 Å². The lowest BCUT2D eigenvalue weighted by molar-refractivity contribution is -1.08. The monoisotopic (exact) mass is 186 g/mol. The van der Waals surface area contributed by atoms with Crippen LogP contribution in [-0.2, 0) is 9.63 Å². The number of hydrogen-bond donors (Lipinski definition) is 0. The molecule has 0 saturated carbocycles. The SMILES string of the molecule is C=C(C)C(=O)O[N+](CC)(CC)CC. The zero-order valence-electron chi connectivity index (χ0n) is 9.09. The summed E-state index contributed by atoms with van der Waals surface area (Å²) in [6, 6.07) is 0. The van der Waals surface area contributed by atoms with Gasteiger partial charge >= 0.3 is 5.97 Å². The molecule has 0 unspecified atom stereocenters. The molecule has 0 radical (unpaired) electrons. The van der Waals surface area contributed by atoms with Crippen LogP contribution < -0.4 is 0 Å². The molecule has 13 heavy (non-hydrogen) atoms. The van der Waals surface area contributed by atoms with Crippen molar-refractivity contribution in [1.29, 1.82) is 0 Å². The Bertz CT molecular complexity index is 187. The van der Waals surface area contributed by atoms with E-state index in [2.05, 4.69) is 6.58 Å². The van der Waals surface area contributed by atoms with E-state index < -0.39 is 0 Å². The van der Waals surface area contributed by atoms with E-state index in [1.165, 1.54) is 0 Å². The number of hydrogen-bond acceptors (Lipinski definition) is 2. The number of quaternary nitrogens is 1. The van der Waals surface area contributed by atoms with Crippen molar-refractivity contribution in [3.8, 4) is 0 Å². The number of rotatable bonds is 5. The van der Waals surface area contributed by atoms with Crippen LogP contribution in [0.5, 0.6) is 0 Å². The minimum atomic E-state index is -0.300. The van der Waals surface area contributed by atoms with Crippen LogP contribution in [0.15, 0.2) is 12.2 Å². The van der Waals surface area contributed by atoms with E-state index in [4.69, 9.17) is 4.84 Å². The Hall–Kier alpha value is -0.830. The summed E-state index contributed by atoms with van der Waals surface area (Å²) in [5.74, 6) is -0.300. The highest BCUT2D eigenvalue weighted by Gasteiger charge is 2.27. The molecule has 0 aliphatic rings. The maximum absolute atomic E-state index is 11.3. The van der Waals surface area contributed by atoms with Gasteiger partial charge < -0.3 is 0 Å². The molecule has 0 atom stereocenters. The Labute approximate surface area is 80.5 Å². The number of carbonyl (C=O) groups excluding carboxylic acids is 1. The van der Waals surface area contributed by atoms with Gasteiger partial charge in [-0.15, -0.1) is 4.65 Å². The molecule has 0 fully saturated rings. The molecular weight excluding hydrogens is 166 g/mol. The van der Waals surface area contributed by atoms with E-state index >= 15 is 0 Å². The van der Waals surface area contributed by atoms with Crippen LogP contribution in [0.25, 0.3) is 0 Å². The van der Waals surface area contributed by atoms with Crippen LogP contribution in [-0.4, -0.2) is 30.2 Å². The maximum atomic E-state index is 11.3. The Kier molecular flexibility index (Phi) is 4.70. The lowest BCUT2D eigenvalue weighted by Gasteiger charge is -2.31. The Morgan fingerprint density at radius 1 is 1.23 bits per heavy atom. The molecule has 0 aromatic rings. The van der Waals surface area contributed by atoms with Crippen LogP contribution in [0.3, 0.4) is 0 Å². The molecule has 0 N–H and O–H groups in total. The van der Waals surface area contributed by atoms with Gasteiger partial charge in [0.1, 0.15) is 19.6 Å². The van der Waals surface area contributed by atoms with Crippen molar-refractivity contribution in [2.75, 3.05) is 19.6 Å². The van der Waals surface area contributed by atoms with Gasteiger partial charge in [0.05, 0.1) is 0 Å². The fourth-order valence-corrected chi connectivity index (χ4v) is 1.12.